The largest absolute Gasteiger partial charge is 0.508 e. The van der Waals surface area contributed by atoms with Gasteiger partial charge in [-0.05, 0) is 49.9 Å². The molecule has 0 aromatic heterocycles. The maximum absolute atomic E-state index is 14.2. The highest BCUT2D eigenvalue weighted by Gasteiger charge is 2.67. The van der Waals surface area contributed by atoms with Crippen molar-refractivity contribution in [2.75, 3.05) is 12.0 Å². The van der Waals surface area contributed by atoms with Crippen molar-refractivity contribution >= 4 is 40.9 Å². The molecule has 196 valence electrons. The van der Waals surface area contributed by atoms with Gasteiger partial charge in [-0.3, -0.25) is 24.5 Å². The van der Waals surface area contributed by atoms with Crippen molar-refractivity contribution in [2.24, 2.45) is 29.1 Å². The fourth-order valence-corrected chi connectivity index (χ4v) is 7.21. The number of hydrogen-bond donors (Lipinski definition) is 2. The number of aromatic hydroxyl groups is 1. The Balaban J connectivity index is 1.55. The third kappa shape index (κ3) is 3.20. The van der Waals surface area contributed by atoms with Crippen LogP contribution in [0.15, 0.2) is 48.0 Å². The second kappa shape index (κ2) is 8.39. The lowest BCUT2D eigenvalue weighted by molar-refractivity contribution is -0.131. The fourth-order valence-electron chi connectivity index (χ4n) is 7.04. The maximum atomic E-state index is 14.2. The molecule has 3 fully saturated rings. The van der Waals surface area contributed by atoms with Crippen LogP contribution in [0, 0.1) is 34.9 Å². The van der Waals surface area contributed by atoms with Gasteiger partial charge in [0.15, 0.2) is 0 Å². The zero-order valence-corrected chi connectivity index (χ0v) is 21.3. The van der Waals surface area contributed by atoms with E-state index >= 15 is 0 Å². The normalized spacial score (nSPS) is 31.9. The molecule has 2 aromatic carbocycles. The number of methoxy groups -OCH3 is 1. The standard InChI is InChI=1S/C28H24ClFN2O6/c1-28-18(26(36)32(27(28)37)12-3-8-20(30)19(29)9-12)11-17-14(6-7-16-22(17)25(35)31-24(16)34)23(28)15-5-4-13(38-2)10-21(15)33/h3-6,8-10,16-18,22-23,33H,7,11H2,1-2H3,(H,31,34,35). The van der Waals surface area contributed by atoms with Crippen molar-refractivity contribution in [1.82, 2.24) is 5.32 Å². The Morgan fingerprint density at radius 3 is 2.55 bits per heavy atom. The van der Waals surface area contributed by atoms with Crippen molar-refractivity contribution in [3.8, 4) is 11.5 Å². The molecule has 8 nitrogen and oxygen atoms in total. The summed E-state index contributed by atoms with van der Waals surface area (Å²) in [5, 5.41) is 13.3. The lowest BCUT2D eigenvalue weighted by Crippen LogP contribution is -2.48. The van der Waals surface area contributed by atoms with E-state index in [1.165, 1.54) is 25.3 Å². The van der Waals surface area contributed by atoms with Crippen molar-refractivity contribution in [3.63, 3.8) is 0 Å². The van der Waals surface area contributed by atoms with Gasteiger partial charge < -0.3 is 9.84 Å². The third-order valence-corrected chi connectivity index (χ3v) is 9.12. The van der Waals surface area contributed by atoms with Gasteiger partial charge in [-0.25, -0.2) is 9.29 Å². The van der Waals surface area contributed by atoms with Gasteiger partial charge >= 0.3 is 0 Å². The van der Waals surface area contributed by atoms with E-state index in [-0.39, 0.29) is 28.8 Å². The number of phenolic OH excluding ortho intramolecular Hbond substituents is 1. The first-order chi connectivity index (χ1) is 18.1. The Morgan fingerprint density at radius 2 is 1.87 bits per heavy atom. The molecular weight excluding hydrogens is 515 g/mol. The highest BCUT2D eigenvalue weighted by atomic mass is 35.5. The Bertz CT molecular complexity index is 1470. The number of ether oxygens (including phenoxy) is 1. The fraction of sp³-hybridized carbons (Fsp3) is 0.357. The highest BCUT2D eigenvalue weighted by Crippen LogP contribution is 2.64. The van der Waals surface area contributed by atoms with Gasteiger partial charge in [-0.2, -0.15) is 0 Å². The summed E-state index contributed by atoms with van der Waals surface area (Å²) >= 11 is 5.98. The summed E-state index contributed by atoms with van der Waals surface area (Å²) < 4.78 is 19.1. The number of amides is 4. The predicted molar refractivity (Wildman–Crippen MR) is 134 cm³/mol. The van der Waals surface area contributed by atoms with Gasteiger partial charge in [-0.15, -0.1) is 0 Å². The molecule has 4 aliphatic rings. The second-order valence-corrected chi connectivity index (χ2v) is 10.9. The Labute approximate surface area is 222 Å². The minimum Gasteiger partial charge on any atom is -0.508 e. The number of carbonyl (C=O) groups excluding carboxylic acids is 4. The van der Waals surface area contributed by atoms with Gasteiger partial charge in [0.1, 0.15) is 17.3 Å². The lowest BCUT2D eigenvalue weighted by Gasteiger charge is -2.49. The molecule has 2 N–H and O–H groups in total. The maximum Gasteiger partial charge on any atom is 0.241 e. The summed E-state index contributed by atoms with van der Waals surface area (Å²) in [4.78, 5) is 54.5. The van der Waals surface area contributed by atoms with Crippen LogP contribution in [0.2, 0.25) is 5.02 Å². The Morgan fingerprint density at radius 1 is 1.11 bits per heavy atom. The number of anilines is 1. The number of carbonyl (C=O) groups is 4. The van der Waals surface area contributed by atoms with Crippen LogP contribution < -0.4 is 15.0 Å². The van der Waals surface area contributed by atoms with Crippen LogP contribution in [-0.4, -0.2) is 35.8 Å². The number of nitrogens with zero attached hydrogens (tertiary/aromatic N) is 1. The first-order valence-electron chi connectivity index (χ1n) is 12.3. The topological polar surface area (TPSA) is 113 Å². The summed E-state index contributed by atoms with van der Waals surface area (Å²) in [6.07, 6.45) is 2.37. The number of nitrogens with one attached hydrogen (secondary N) is 1. The zero-order valence-electron chi connectivity index (χ0n) is 20.5. The minimum absolute atomic E-state index is 0.117. The van der Waals surface area contributed by atoms with E-state index in [1.54, 1.807) is 19.1 Å². The van der Waals surface area contributed by atoms with E-state index in [0.717, 1.165) is 16.5 Å². The number of phenols is 1. The number of halogens is 2. The molecule has 6 atom stereocenters. The van der Waals surface area contributed by atoms with Gasteiger partial charge in [0, 0.05) is 17.5 Å². The molecule has 2 aliphatic heterocycles. The number of fused-ring (bicyclic) bond motifs is 4. The number of benzene rings is 2. The molecule has 38 heavy (non-hydrogen) atoms. The number of allylic oxidation sites excluding steroid dienone is 2. The lowest BCUT2D eigenvalue weighted by atomic mass is 9.51. The van der Waals surface area contributed by atoms with Gasteiger partial charge in [0.05, 0.1) is 41.0 Å². The molecule has 2 saturated heterocycles. The van der Waals surface area contributed by atoms with E-state index in [9.17, 15) is 28.7 Å². The zero-order chi connectivity index (χ0) is 27.1. The summed E-state index contributed by atoms with van der Waals surface area (Å²) in [6, 6.07) is 8.41. The quantitative estimate of drug-likeness (QED) is 0.455. The van der Waals surface area contributed by atoms with E-state index in [1.807, 2.05) is 6.08 Å². The first kappa shape index (κ1) is 24.6. The van der Waals surface area contributed by atoms with Gasteiger partial charge in [0.2, 0.25) is 23.6 Å². The molecule has 10 heteroatoms. The van der Waals surface area contributed by atoms with Gasteiger partial charge in [0.25, 0.3) is 0 Å². The second-order valence-electron chi connectivity index (χ2n) is 10.5. The van der Waals surface area contributed by atoms with Crippen LogP contribution in [0.4, 0.5) is 10.1 Å². The number of hydrogen-bond acceptors (Lipinski definition) is 6. The van der Waals surface area contributed by atoms with Crippen LogP contribution in [0.5, 0.6) is 11.5 Å². The van der Waals surface area contributed by atoms with Crippen LogP contribution in [0.3, 0.4) is 0 Å². The number of imide groups is 2. The average Bonchev–Trinajstić information content (AvgIpc) is 3.28. The van der Waals surface area contributed by atoms with E-state index in [4.69, 9.17) is 16.3 Å². The SMILES string of the molecule is COc1ccc(C2C3=CCC4C(=O)NC(=O)C4C3CC3C(=O)N(c4ccc(F)c(Cl)c4)C(=O)C32C)c(O)c1. The van der Waals surface area contributed by atoms with Crippen molar-refractivity contribution in [3.05, 3.63) is 64.5 Å². The van der Waals surface area contributed by atoms with E-state index in [2.05, 4.69) is 5.32 Å². The van der Waals surface area contributed by atoms with Crippen LogP contribution >= 0.6 is 11.6 Å². The summed E-state index contributed by atoms with van der Waals surface area (Å²) in [5.74, 6) is -5.47. The van der Waals surface area contributed by atoms with Crippen LogP contribution in [0.1, 0.15) is 31.2 Å². The molecule has 2 heterocycles. The first-order valence-corrected chi connectivity index (χ1v) is 12.7. The average molecular weight is 539 g/mol. The molecule has 1 saturated carbocycles. The monoisotopic (exact) mass is 538 g/mol. The van der Waals surface area contributed by atoms with Crippen molar-refractivity contribution < 1.29 is 33.4 Å². The molecule has 0 bridgehead atoms. The van der Waals surface area contributed by atoms with Crippen LogP contribution in [0.25, 0.3) is 0 Å². The Hall–Kier alpha value is -3.72. The molecular formula is C28H24ClFN2O6. The van der Waals surface area contributed by atoms with Crippen molar-refractivity contribution in [2.45, 2.75) is 25.7 Å². The molecule has 4 amide bonds. The predicted octanol–water partition coefficient (Wildman–Crippen LogP) is 3.71. The van der Waals surface area contributed by atoms with Gasteiger partial charge in [-0.1, -0.05) is 29.3 Å². The Kier molecular flexibility index (Phi) is 5.43. The molecule has 6 rings (SSSR count). The minimum atomic E-state index is -1.34. The molecule has 2 aromatic rings. The molecule has 2 aliphatic carbocycles. The van der Waals surface area contributed by atoms with E-state index < -0.39 is 58.5 Å². The number of rotatable bonds is 3. The van der Waals surface area contributed by atoms with Crippen LogP contribution in [-0.2, 0) is 19.2 Å². The summed E-state index contributed by atoms with van der Waals surface area (Å²) in [7, 11) is 1.47. The molecule has 0 radical (unpaired) electrons. The van der Waals surface area contributed by atoms with Crippen molar-refractivity contribution in [1.29, 1.82) is 0 Å². The van der Waals surface area contributed by atoms with E-state index in [0.29, 0.717) is 17.7 Å². The molecule has 0 spiro atoms. The third-order valence-electron chi connectivity index (χ3n) is 8.83. The summed E-state index contributed by atoms with van der Waals surface area (Å²) in [5.41, 5.74) is -0.0329. The molecule has 6 unspecified atom stereocenters. The smallest absolute Gasteiger partial charge is 0.241 e. The highest BCUT2D eigenvalue weighted by molar-refractivity contribution is 6.31. The summed E-state index contributed by atoms with van der Waals surface area (Å²) in [6.45, 7) is 1.69.